The summed E-state index contributed by atoms with van der Waals surface area (Å²) < 4.78 is 0. The van der Waals surface area contributed by atoms with Gasteiger partial charge in [-0.1, -0.05) is 20.8 Å². The number of amidine groups is 2. The molecule has 2 aromatic heterocycles. The van der Waals surface area contributed by atoms with Gasteiger partial charge in [-0.05, 0) is 50.5 Å². The minimum Gasteiger partial charge on any atom is -0.332 e. The largest absolute Gasteiger partial charge is 0.332 e. The zero-order chi connectivity index (χ0) is 27.2. The summed E-state index contributed by atoms with van der Waals surface area (Å²) in [6.45, 7) is 10.6. The van der Waals surface area contributed by atoms with Crippen LogP contribution in [0.3, 0.4) is 0 Å². The molecule has 0 unspecified atom stereocenters. The molecule has 200 valence electrons. The Morgan fingerprint density at radius 3 is 2.63 bits per heavy atom. The van der Waals surface area contributed by atoms with E-state index in [0.29, 0.717) is 17.5 Å². The van der Waals surface area contributed by atoms with Crippen molar-refractivity contribution in [2.24, 2.45) is 20.9 Å². The topological polar surface area (TPSA) is 108 Å². The lowest BCUT2D eigenvalue weighted by molar-refractivity contribution is -0.123. The zero-order valence-corrected chi connectivity index (χ0v) is 23.8. The van der Waals surface area contributed by atoms with Gasteiger partial charge in [-0.15, -0.1) is 11.8 Å². The van der Waals surface area contributed by atoms with E-state index in [4.69, 9.17) is 0 Å². The fraction of sp³-hybridized carbons (Fsp3) is 0.464. The van der Waals surface area contributed by atoms with E-state index in [2.05, 4.69) is 56.0 Å². The van der Waals surface area contributed by atoms with Crippen LogP contribution < -0.4 is 5.32 Å². The number of carbonyl (C=O) groups excluding carboxylic acids is 1. The van der Waals surface area contributed by atoms with Gasteiger partial charge in [-0.25, -0.2) is 9.97 Å². The first-order valence-electron chi connectivity index (χ1n) is 13.1. The van der Waals surface area contributed by atoms with E-state index in [1.165, 1.54) is 0 Å². The van der Waals surface area contributed by atoms with Crippen molar-refractivity contribution in [2.75, 3.05) is 12.8 Å². The van der Waals surface area contributed by atoms with Crippen LogP contribution in [0.25, 0.3) is 0 Å². The SMILES string of the molecule is CCSc1ccc(CN=C2N/C(=C/N=Cc3c(C)ncnc3C3CC3)C(=NC)N([C@H](C)C(C)C)C2=O)nc1. The van der Waals surface area contributed by atoms with Crippen LogP contribution in [0.2, 0.25) is 0 Å². The fourth-order valence-electron chi connectivity index (χ4n) is 4.12. The molecule has 2 aromatic rings. The van der Waals surface area contributed by atoms with Crippen molar-refractivity contribution < 1.29 is 4.79 Å². The summed E-state index contributed by atoms with van der Waals surface area (Å²) >= 11 is 1.74. The Labute approximate surface area is 229 Å². The van der Waals surface area contributed by atoms with Crippen molar-refractivity contribution in [3.8, 4) is 0 Å². The minimum atomic E-state index is -0.214. The third kappa shape index (κ3) is 6.35. The molecule has 0 radical (unpaired) electrons. The number of carbonyl (C=O) groups is 1. The Balaban J connectivity index is 1.64. The number of nitrogens with zero attached hydrogens (tertiary/aromatic N) is 7. The number of nitrogens with one attached hydrogen (secondary N) is 1. The Kier molecular flexibility index (Phi) is 9.04. The molecule has 38 heavy (non-hydrogen) atoms. The second-order valence-electron chi connectivity index (χ2n) is 9.77. The monoisotopic (exact) mass is 532 g/mol. The van der Waals surface area contributed by atoms with Crippen LogP contribution in [0.5, 0.6) is 0 Å². The molecule has 3 heterocycles. The maximum absolute atomic E-state index is 13.6. The van der Waals surface area contributed by atoms with Crippen LogP contribution in [-0.2, 0) is 11.3 Å². The second kappa shape index (κ2) is 12.4. The van der Waals surface area contributed by atoms with Crippen molar-refractivity contribution >= 4 is 35.6 Å². The van der Waals surface area contributed by atoms with Gasteiger partial charge in [0.05, 0.1) is 24.1 Å². The molecule has 0 spiro atoms. The molecule has 1 aliphatic heterocycles. The predicted octanol–water partition coefficient (Wildman–Crippen LogP) is 4.53. The van der Waals surface area contributed by atoms with Gasteiger partial charge >= 0.3 is 0 Å². The first-order valence-corrected chi connectivity index (χ1v) is 14.1. The molecule has 10 heteroatoms. The van der Waals surface area contributed by atoms with Crippen molar-refractivity contribution in [1.29, 1.82) is 0 Å². The van der Waals surface area contributed by atoms with Crippen molar-refractivity contribution in [3.63, 3.8) is 0 Å². The highest BCUT2D eigenvalue weighted by Crippen LogP contribution is 2.40. The molecule has 1 atom stereocenters. The Morgan fingerprint density at radius 2 is 2.00 bits per heavy atom. The average Bonchev–Trinajstić information content (AvgIpc) is 3.75. The molecular formula is C28H36N8OS. The number of amides is 1. The number of pyridine rings is 1. The van der Waals surface area contributed by atoms with E-state index in [9.17, 15) is 4.79 Å². The van der Waals surface area contributed by atoms with Crippen LogP contribution >= 0.6 is 11.8 Å². The van der Waals surface area contributed by atoms with Gasteiger partial charge in [0, 0.05) is 47.6 Å². The maximum atomic E-state index is 13.6. The molecule has 4 rings (SSSR count). The van der Waals surface area contributed by atoms with Crippen LogP contribution in [0.1, 0.15) is 69.1 Å². The lowest BCUT2D eigenvalue weighted by Gasteiger charge is -2.37. The summed E-state index contributed by atoms with van der Waals surface area (Å²) in [5, 5.41) is 3.19. The molecule has 1 saturated carbocycles. The molecular weight excluding hydrogens is 496 g/mol. The molecule has 9 nitrogen and oxygen atoms in total. The Morgan fingerprint density at radius 1 is 1.21 bits per heavy atom. The molecule has 1 saturated heterocycles. The molecule has 1 amide bonds. The van der Waals surface area contributed by atoms with Crippen molar-refractivity contribution in [2.45, 2.75) is 70.9 Å². The maximum Gasteiger partial charge on any atom is 0.295 e. The highest BCUT2D eigenvalue weighted by atomic mass is 32.2. The number of aromatic nitrogens is 3. The van der Waals surface area contributed by atoms with E-state index < -0.39 is 0 Å². The van der Waals surface area contributed by atoms with Crippen LogP contribution in [0.4, 0.5) is 0 Å². The minimum absolute atomic E-state index is 0.0874. The van der Waals surface area contributed by atoms with Gasteiger partial charge in [0.2, 0.25) is 0 Å². The number of rotatable bonds is 9. The molecule has 2 fully saturated rings. The number of aliphatic imine (C=N–C) groups is 3. The van der Waals surface area contributed by atoms with E-state index >= 15 is 0 Å². The van der Waals surface area contributed by atoms with Crippen molar-refractivity contribution in [3.05, 3.63) is 59.2 Å². The van der Waals surface area contributed by atoms with Gasteiger partial charge in [0.15, 0.2) is 11.7 Å². The van der Waals surface area contributed by atoms with Crippen molar-refractivity contribution in [1.82, 2.24) is 25.2 Å². The average molecular weight is 533 g/mol. The van der Waals surface area contributed by atoms with E-state index in [-0.39, 0.29) is 30.2 Å². The predicted molar refractivity (Wildman–Crippen MR) is 154 cm³/mol. The third-order valence-corrected chi connectivity index (χ3v) is 7.58. The van der Waals surface area contributed by atoms with E-state index in [1.807, 2.05) is 32.2 Å². The first kappa shape index (κ1) is 27.6. The summed E-state index contributed by atoms with van der Waals surface area (Å²) in [5.41, 5.74) is 4.30. The summed E-state index contributed by atoms with van der Waals surface area (Å²) in [5.74, 6) is 2.26. The van der Waals surface area contributed by atoms with Crippen LogP contribution in [0, 0.1) is 12.8 Å². The second-order valence-corrected chi connectivity index (χ2v) is 11.1. The molecule has 1 N–H and O–H groups in total. The third-order valence-electron chi connectivity index (χ3n) is 6.72. The number of thioether (sulfide) groups is 1. The number of hydrogen-bond acceptors (Lipinski definition) is 8. The first-order chi connectivity index (χ1) is 18.3. The van der Waals surface area contributed by atoms with Gasteiger partial charge in [-0.2, -0.15) is 0 Å². The van der Waals surface area contributed by atoms with Crippen LogP contribution in [-0.4, -0.2) is 62.5 Å². The van der Waals surface area contributed by atoms with Gasteiger partial charge in [0.25, 0.3) is 5.91 Å². The Bertz CT molecular complexity index is 1280. The standard InChI is InChI=1S/C28H36N8OS/c1-7-38-22-11-10-21(31-13-22)12-32-26-28(37)36(19(5)17(2)3)27(29-6)24(35-26)15-30-14-23-18(4)33-16-34-25(23)20-8-9-20/h10-11,13-17,19-20H,7-9,12H2,1-6H3,(H,32,35)/b24-15+,29-27?,30-14?/t19-/m1/s1. The highest BCUT2D eigenvalue weighted by molar-refractivity contribution is 7.99. The molecule has 1 aliphatic carbocycles. The molecule has 0 aromatic carbocycles. The normalized spacial score (nSPS) is 20.2. The highest BCUT2D eigenvalue weighted by Gasteiger charge is 2.37. The summed E-state index contributed by atoms with van der Waals surface area (Å²) in [7, 11) is 1.68. The lowest BCUT2D eigenvalue weighted by Crippen LogP contribution is -2.58. The number of hydrogen-bond donors (Lipinski definition) is 1. The quantitative estimate of drug-likeness (QED) is 0.375. The summed E-state index contributed by atoms with van der Waals surface area (Å²) in [6, 6.07) is 3.90. The van der Waals surface area contributed by atoms with Gasteiger partial charge in [-0.3, -0.25) is 29.7 Å². The molecule has 0 bridgehead atoms. The van der Waals surface area contributed by atoms with Gasteiger partial charge in [0.1, 0.15) is 12.0 Å². The fourth-order valence-corrected chi connectivity index (χ4v) is 4.75. The van der Waals surface area contributed by atoms with Crippen LogP contribution in [0.15, 0.2) is 56.4 Å². The smallest absolute Gasteiger partial charge is 0.295 e. The summed E-state index contributed by atoms with van der Waals surface area (Å²) in [4.78, 5) is 43.5. The lowest BCUT2D eigenvalue weighted by atomic mass is 10.0. The number of piperazine rings is 1. The molecule has 2 aliphatic rings. The Hall–Kier alpha value is -3.40. The van der Waals surface area contributed by atoms with E-state index in [0.717, 1.165) is 46.1 Å². The van der Waals surface area contributed by atoms with E-state index in [1.54, 1.807) is 42.5 Å². The van der Waals surface area contributed by atoms with Gasteiger partial charge < -0.3 is 5.32 Å². The zero-order valence-electron chi connectivity index (χ0n) is 23.0. The number of aryl methyl sites for hydroxylation is 1. The summed E-state index contributed by atoms with van der Waals surface area (Å²) in [6.07, 6.45) is 9.25.